The van der Waals surface area contributed by atoms with E-state index in [1.165, 1.54) is 0 Å². The van der Waals surface area contributed by atoms with Gasteiger partial charge in [0.2, 0.25) is 0 Å². The van der Waals surface area contributed by atoms with Crippen molar-refractivity contribution in [2.24, 2.45) is 5.92 Å². The predicted octanol–water partition coefficient (Wildman–Crippen LogP) is 1.40. The number of likely N-dealkylation sites (tertiary alicyclic amines) is 1. The molecule has 1 saturated heterocycles. The van der Waals surface area contributed by atoms with Crippen LogP contribution in [0.5, 0.6) is 11.5 Å². The van der Waals surface area contributed by atoms with Gasteiger partial charge in [0.15, 0.2) is 11.5 Å². The van der Waals surface area contributed by atoms with E-state index in [2.05, 4.69) is 9.88 Å². The zero-order chi connectivity index (χ0) is 14.5. The van der Waals surface area contributed by atoms with E-state index in [9.17, 15) is 4.79 Å². The molecule has 0 aromatic carbocycles. The molecule has 6 nitrogen and oxygen atoms in total. The van der Waals surface area contributed by atoms with Crippen molar-refractivity contribution < 1.29 is 19.4 Å². The summed E-state index contributed by atoms with van der Waals surface area (Å²) in [4.78, 5) is 17.3. The summed E-state index contributed by atoms with van der Waals surface area (Å²) in [6.45, 7) is 2.32. The Morgan fingerprint density at radius 3 is 2.95 bits per heavy atom. The molecule has 0 saturated carbocycles. The molecular weight excluding hydrogens is 260 g/mol. The Bertz CT molecular complexity index is 478. The van der Waals surface area contributed by atoms with E-state index in [1.54, 1.807) is 26.5 Å². The summed E-state index contributed by atoms with van der Waals surface area (Å²) in [6, 6.07) is 1.76. The molecule has 1 fully saturated rings. The van der Waals surface area contributed by atoms with Crippen LogP contribution in [0.15, 0.2) is 12.3 Å². The van der Waals surface area contributed by atoms with Crippen molar-refractivity contribution >= 4 is 5.97 Å². The van der Waals surface area contributed by atoms with Gasteiger partial charge in [-0.3, -0.25) is 14.7 Å². The van der Waals surface area contributed by atoms with Crippen LogP contribution in [0.2, 0.25) is 0 Å². The van der Waals surface area contributed by atoms with Crippen LogP contribution in [0.4, 0.5) is 0 Å². The first-order valence-electron chi connectivity index (χ1n) is 6.64. The third kappa shape index (κ3) is 3.39. The fraction of sp³-hybridized carbons (Fsp3) is 0.571. The van der Waals surface area contributed by atoms with Crippen LogP contribution in [0.1, 0.15) is 18.5 Å². The van der Waals surface area contributed by atoms with Crippen LogP contribution in [0.25, 0.3) is 0 Å². The Morgan fingerprint density at radius 1 is 1.50 bits per heavy atom. The van der Waals surface area contributed by atoms with E-state index >= 15 is 0 Å². The monoisotopic (exact) mass is 280 g/mol. The number of hydrogen-bond acceptors (Lipinski definition) is 5. The second-order valence-electron chi connectivity index (χ2n) is 4.98. The summed E-state index contributed by atoms with van der Waals surface area (Å²) >= 11 is 0. The maximum atomic E-state index is 10.7. The van der Waals surface area contributed by atoms with Gasteiger partial charge in [0, 0.05) is 31.8 Å². The largest absolute Gasteiger partial charge is 0.493 e. The third-order valence-corrected chi connectivity index (χ3v) is 3.57. The number of rotatable bonds is 6. The van der Waals surface area contributed by atoms with Gasteiger partial charge < -0.3 is 14.6 Å². The van der Waals surface area contributed by atoms with Gasteiger partial charge in [-0.2, -0.15) is 0 Å². The average Bonchev–Trinajstić information content (AvgIpc) is 2.84. The molecule has 0 amide bonds. The van der Waals surface area contributed by atoms with Crippen molar-refractivity contribution in [3.05, 3.63) is 18.0 Å². The Kier molecular flexibility index (Phi) is 4.79. The second-order valence-corrected chi connectivity index (χ2v) is 4.98. The maximum absolute atomic E-state index is 10.7. The summed E-state index contributed by atoms with van der Waals surface area (Å²) in [5.41, 5.74) is 0.822. The molecule has 0 spiro atoms. The van der Waals surface area contributed by atoms with Crippen LogP contribution in [0, 0.1) is 5.92 Å². The number of nitrogens with zero attached hydrogens (tertiary/aromatic N) is 2. The molecule has 1 atom stereocenters. The van der Waals surface area contributed by atoms with Gasteiger partial charge in [-0.1, -0.05) is 0 Å². The molecule has 0 aliphatic carbocycles. The zero-order valence-electron chi connectivity index (χ0n) is 11.8. The van der Waals surface area contributed by atoms with E-state index in [0.29, 0.717) is 18.0 Å². The van der Waals surface area contributed by atoms with Crippen molar-refractivity contribution in [2.45, 2.75) is 19.4 Å². The lowest BCUT2D eigenvalue weighted by Crippen LogP contribution is -2.22. The van der Waals surface area contributed by atoms with Crippen LogP contribution in [-0.2, 0) is 11.3 Å². The molecule has 1 aromatic heterocycles. The minimum atomic E-state index is -0.728. The number of pyridine rings is 1. The lowest BCUT2D eigenvalue weighted by molar-refractivity contribution is -0.138. The first kappa shape index (κ1) is 14.6. The van der Waals surface area contributed by atoms with Gasteiger partial charge >= 0.3 is 5.97 Å². The quantitative estimate of drug-likeness (QED) is 0.849. The van der Waals surface area contributed by atoms with Crippen LogP contribution < -0.4 is 9.47 Å². The Labute approximate surface area is 118 Å². The number of ether oxygens (including phenoxy) is 2. The fourth-order valence-electron chi connectivity index (χ4n) is 2.65. The maximum Gasteiger partial charge on any atom is 0.303 e. The summed E-state index contributed by atoms with van der Waals surface area (Å²) < 4.78 is 10.6. The Balaban J connectivity index is 2.02. The van der Waals surface area contributed by atoms with Gasteiger partial charge in [0.05, 0.1) is 14.2 Å². The highest BCUT2D eigenvalue weighted by Crippen LogP contribution is 2.31. The predicted molar refractivity (Wildman–Crippen MR) is 73.0 cm³/mol. The lowest BCUT2D eigenvalue weighted by atomic mass is 10.1. The molecule has 1 aliphatic heterocycles. The van der Waals surface area contributed by atoms with Crippen molar-refractivity contribution in [1.29, 1.82) is 0 Å². The third-order valence-electron chi connectivity index (χ3n) is 3.57. The van der Waals surface area contributed by atoms with Gasteiger partial charge in [-0.25, -0.2) is 0 Å². The number of hydrogen-bond donors (Lipinski definition) is 1. The number of carboxylic acids is 1. The highest BCUT2D eigenvalue weighted by Gasteiger charge is 2.25. The smallest absolute Gasteiger partial charge is 0.303 e. The highest BCUT2D eigenvalue weighted by atomic mass is 16.5. The first-order valence-corrected chi connectivity index (χ1v) is 6.64. The summed E-state index contributed by atoms with van der Waals surface area (Å²) in [6.07, 6.45) is 2.85. The molecule has 0 radical (unpaired) electrons. The topological polar surface area (TPSA) is 71.9 Å². The first-order chi connectivity index (χ1) is 9.63. The van der Waals surface area contributed by atoms with E-state index in [0.717, 1.165) is 25.2 Å². The molecule has 0 bridgehead atoms. The Hall–Kier alpha value is -1.82. The number of aliphatic carboxylic acids is 1. The number of methoxy groups -OCH3 is 2. The molecule has 1 N–H and O–H groups in total. The summed E-state index contributed by atoms with van der Waals surface area (Å²) in [5, 5.41) is 8.83. The number of aromatic nitrogens is 1. The van der Waals surface area contributed by atoms with E-state index in [1.807, 2.05) is 0 Å². The molecule has 1 aromatic rings. The molecular formula is C14H20N2O4. The molecule has 110 valence electrons. The normalized spacial score (nSPS) is 19.0. The van der Waals surface area contributed by atoms with E-state index in [4.69, 9.17) is 14.6 Å². The summed E-state index contributed by atoms with van der Waals surface area (Å²) in [5.74, 6) is 0.813. The molecule has 20 heavy (non-hydrogen) atoms. The average molecular weight is 280 g/mol. The molecule has 1 aliphatic rings. The minimum absolute atomic E-state index is 0.226. The van der Waals surface area contributed by atoms with Crippen molar-refractivity contribution in [3.63, 3.8) is 0 Å². The van der Waals surface area contributed by atoms with Gasteiger partial charge in [0.1, 0.15) is 5.69 Å². The second kappa shape index (κ2) is 6.56. The van der Waals surface area contributed by atoms with Crippen LogP contribution in [-0.4, -0.2) is 48.3 Å². The number of carboxylic acid groups (broad SMARTS) is 1. The molecule has 2 heterocycles. The number of carbonyl (C=O) groups is 1. The zero-order valence-corrected chi connectivity index (χ0v) is 11.8. The van der Waals surface area contributed by atoms with Crippen molar-refractivity contribution in [2.75, 3.05) is 27.3 Å². The molecule has 1 unspecified atom stereocenters. The van der Waals surface area contributed by atoms with Gasteiger partial charge in [-0.15, -0.1) is 0 Å². The van der Waals surface area contributed by atoms with Gasteiger partial charge in [-0.05, 0) is 18.9 Å². The van der Waals surface area contributed by atoms with Crippen molar-refractivity contribution in [3.8, 4) is 11.5 Å². The Morgan fingerprint density at radius 2 is 2.30 bits per heavy atom. The van der Waals surface area contributed by atoms with Crippen LogP contribution in [0.3, 0.4) is 0 Å². The van der Waals surface area contributed by atoms with Crippen LogP contribution >= 0.6 is 0 Å². The fourth-order valence-corrected chi connectivity index (χ4v) is 2.65. The van der Waals surface area contributed by atoms with E-state index < -0.39 is 5.97 Å². The SMILES string of the molecule is COc1ccnc(CN2CCC(CC(=O)O)C2)c1OC. The standard InChI is InChI=1S/C14H20N2O4/c1-19-12-3-5-15-11(14(12)20-2)9-16-6-4-10(8-16)7-13(17)18/h3,5,10H,4,6-9H2,1-2H3,(H,17,18). The molecule has 6 heteroatoms. The summed E-state index contributed by atoms with van der Waals surface area (Å²) in [7, 11) is 3.20. The van der Waals surface area contributed by atoms with E-state index in [-0.39, 0.29) is 12.3 Å². The highest BCUT2D eigenvalue weighted by molar-refractivity contribution is 5.67. The van der Waals surface area contributed by atoms with Crippen molar-refractivity contribution in [1.82, 2.24) is 9.88 Å². The lowest BCUT2D eigenvalue weighted by Gasteiger charge is -2.18. The molecule has 2 rings (SSSR count). The minimum Gasteiger partial charge on any atom is -0.493 e. The van der Waals surface area contributed by atoms with Gasteiger partial charge in [0.25, 0.3) is 0 Å².